The van der Waals surface area contributed by atoms with Crippen LogP contribution in [-0.2, 0) is 0 Å². The van der Waals surface area contributed by atoms with Crippen LogP contribution < -0.4 is 14.3 Å². The number of nitrogens with zero attached hydrogens (tertiary/aromatic N) is 3. The Morgan fingerprint density at radius 2 is 1.97 bits per heavy atom. The molecule has 1 atom stereocenters. The fraction of sp³-hybridized carbons (Fsp3) is 0.250. The second-order valence-electron chi connectivity index (χ2n) is 7.30. The maximum Gasteiger partial charge on any atom is 0.211 e. The van der Waals surface area contributed by atoms with Crippen LogP contribution in [0, 0.1) is 17.6 Å². The molecule has 0 amide bonds. The second-order valence-corrected chi connectivity index (χ2v) is 8.13. The lowest BCUT2D eigenvalue weighted by molar-refractivity contribution is 0.404. The van der Waals surface area contributed by atoms with Crippen LogP contribution in [0.1, 0.15) is 19.3 Å². The van der Waals surface area contributed by atoms with E-state index in [1.54, 1.807) is 18.9 Å². The molecule has 1 aliphatic rings. The van der Waals surface area contributed by atoms with E-state index in [-0.39, 0.29) is 5.69 Å². The van der Waals surface area contributed by atoms with Crippen LogP contribution >= 0.6 is 11.3 Å². The van der Waals surface area contributed by atoms with Crippen molar-refractivity contribution in [2.24, 2.45) is 16.0 Å². The molecule has 0 aliphatic heterocycles. The Kier molecular flexibility index (Phi) is 6.80. The lowest BCUT2D eigenvalue weighted by Gasteiger charge is -2.13. The van der Waals surface area contributed by atoms with E-state index in [4.69, 9.17) is 14.6 Å². The van der Waals surface area contributed by atoms with Crippen molar-refractivity contribution >= 4 is 23.2 Å². The fourth-order valence-electron chi connectivity index (χ4n) is 3.48. The van der Waals surface area contributed by atoms with Crippen molar-refractivity contribution in [3.05, 3.63) is 70.4 Å². The minimum Gasteiger partial charge on any atom is -0.497 e. The summed E-state index contributed by atoms with van der Waals surface area (Å²) in [6.45, 7) is 0. The van der Waals surface area contributed by atoms with Crippen LogP contribution in [0.4, 0.5) is 14.5 Å². The molecule has 5 nitrogen and oxygen atoms in total. The highest BCUT2D eigenvalue weighted by Crippen LogP contribution is 2.34. The molecule has 1 aliphatic carbocycles. The Morgan fingerprint density at radius 1 is 1.09 bits per heavy atom. The second kappa shape index (κ2) is 9.91. The van der Waals surface area contributed by atoms with Crippen molar-refractivity contribution in [2.75, 3.05) is 14.2 Å². The molecule has 0 bridgehead atoms. The van der Waals surface area contributed by atoms with Gasteiger partial charge in [-0.05, 0) is 55.5 Å². The molecule has 8 heteroatoms. The van der Waals surface area contributed by atoms with Gasteiger partial charge in [-0.1, -0.05) is 12.2 Å². The van der Waals surface area contributed by atoms with Crippen molar-refractivity contribution in [2.45, 2.75) is 19.3 Å². The third-order valence-electron chi connectivity index (χ3n) is 5.20. The van der Waals surface area contributed by atoms with Crippen LogP contribution in [0.25, 0.3) is 11.3 Å². The smallest absolute Gasteiger partial charge is 0.211 e. The normalized spacial score (nSPS) is 16.6. The van der Waals surface area contributed by atoms with E-state index in [0.29, 0.717) is 22.2 Å². The average molecular weight is 456 g/mol. The van der Waals surface area contributed by atoms with Crippen LogP contribution in [0.2, 0.25) is 0 Å². The summed E-state index contributed by atoms with van der Waals surface area (Å²) in [5, 5.41) is 6.61. The highest BCUT2D eigenvalue weighted by Gasteiger charge is 2.15. The van der Waals surface area contributed by atoms with Gasteiger partial charge in [-0.15, -0.1) is 11.3 Å². The first kappa shape index (κ1) is 22.0. The van der Waals surface area contributed by atoms with E-state index < -0.39 is 11.6 Å². The Hall–Kier alpha value is -3.26. The summed E-state index contributed by atoms with van der Waals surface area (Å²) in [5.41, 5.74) is 1.54. The predicted octanol–water partition coefficient (Wildman–Crippen LogP) is 5.93. The van der Waals surface area contributed by atoms with Gasteiger partial charge in [-0.2, -0.15) is 5.10 Å². The van der Waals surface area contributed by atoms with Crippen molar-refractivity contribution in [3.63, 3.8) is 0 Å². The van der Waals surface area contributed by atoms with Crippen LogP contribution in [0.3, 0.4) is 0 Å². The molecule has 3 aromatic rings. The Bertz CT molecular complexity index is 1230. The van der Waals surface area contributed by atoms with Gasteiger partial charge in [-0.25, -0.2) is 18.4 Å². The molecule has 0 N–H and O–H groups in total. The first-order chi connectivity index (χ1) is 15.6. The quantitative estimate of drug-likeness (QED) is 0.341. The molecular formula is C24H23F2N3O2S. The van der Waals surface area contributed by atoms with Gasteiger partial charge < -0.3 is 9.47 Å². The number of benzene rings is 2. The van der Waals surface area contributed by atoms with E-state index in [2.05, 4.69) is 17.1 Å². The topological polar surface area (TPSA) is 48.1 Å². The highest BCUT2D eigenvalue weighted by atomic mass is 32.1. The van der Waals surface area contributed by atoms with Gasteiger partial charge in [0.15, 0.2) is 5.82 Å². The van der Waals surface area contributed by atoms with Crippen molar-refractivity contribution in [3.8, 4) is 22.8 Å². The lowest BCUT2D eigenvalue weighted by Crippen LogP contribution is -2.14. The van der Waals surface area contributed by atoms with Gasteiger partial charge in [0.25, 0.3) is 0 Å². The molecule has 166 valence electrons. The predicted molar refractivity (Wildman–Crippen MR) is 123 cm³/mol. The largest absolute Gasteiger partial charge is 0.497 e. The van der Waals surface area contributed by atoms with Gasteiger partial charge in [0.2, 0.25) is 4.80 Å². The molecule has 1 unspecified atom stereocenters. The summed E-state index contributed by atoms with van der Waals surface area (Å²) in [6, 6.07) is 8.82. The Balaban J connectivity index is 1.87. The van der Waals surface area contributed by atoms with Crippen LogP contribution in [0.5, 0.6) is 11.5 Å². The maximum absolute atomic E-state index is 14.3. The molecular weight excluding hydrogens is 432 g/mol. The van der Waals surface area contributed by atoms with Crippen molar-refractivity contribution < 1.29 is 18.3 Å². The summed E-state index contributed by atoms with van der Waals surface area (Å²) < 4.78 is 40.2. The molecule has 1 heterocycles. The molecule has 0 saturated heterocycles. The number of ether oxygens (including phenoxy) is 2. The number of rotatable bonds is 6. The molecule has 2 aromatic carbocycles. The molecule has 1 aromatic heterocycles. The zero-order valence-corrected chi connectivity index (χ0v) is 18.6. The first-order valence-electron chi connectivity index (χ1n) is 10.2. The number of hydrogen-bond donors (Lipinski definition) is 0. The standard InChI is InChI=1S/C24H23F2N3O2S/c1-30-18-9-11-23(31-2)19(13-18)22-15-32-24(28-21-10-8-17(25)12-20(21)26)29(22)27-14-16-6-4-3-5-7-16/h3-4,8-16H,5-7H2,1-2H3. The van der Waals surface area contributed by atoms with E-state index in [1.807, 2.05) is 29.8 Å². The van der Waals surface area contributed by atoms with E-state index in [1.165, 1.54) is 23.5 Å². The number of halogens is 2. The summed E-state index contributed by atoms with van der Waals surface area (Å²) >= 11 is 1.31. The maximum atomic E-state index is 14.3. The monoisotopic (exact) mass is 455 g/mol. The van der Waals surface area contributed by atoms with Crippen molar-refractivity contribution in [1.29, 1.82) is 0 Å². The third kappa shape index (κ3) is 4.80. The van der Waals surface area contributed by atoms with Gasteiger partial charge >= 0.3 is 0 Å². The highest BCUT2D eigenvalue weighted by molar-refractivity contribution is 7.07. The summed E-state index contributed by atoms with van der Waals surface area (Å²) in [5.74, 6) is 0.246. The number of thiazole rings is 1. The number of aromatic nitrogens is 1. The minimum atomic E-state index is -0.730. The van der Waals surface area contributed by atoms with Gasteiger partial charge in [0.05, 0.1) is 19.9 Å². The molecule has 0 fully saturated rings. The molecule has 0 spiro atoms. The summed E-state index contributed by atoms with van der Waals surface area (Å²) in [7, 11) is 3.19. The zero-order valence-electron chi connectivity index (χ0n) is 17.8. The average Bonchev–Trinajstić information content (AvgIpc) is 3.22. The molecule has 0 radical (unpaired) electrons. The molecule has 32 heavy (non-hydrogen) atoms. The zero-order chi connectivity index (χ0) is 22.5. The lowest BCUT2D eigenvalue weighted by atomic mass is 9.96. The number of hydrogen-bond acceptors (Lipinski definition) is 5. The van der Waals surface area contributed by atoms with E-state index in [0.717, 1.165) is 36.6 Å². The van der Waals surface area contributed by atoms with Crippen LogP contribution in [0.15, 0.2) is 64.0 Å². The van der Waals surface area contributed by atoms with Crippen LogP contribution in [-0.4, -0.2) is 25.1 Å². The van der Waals surface area contributed by atoms with Crippen molar-refractivity contribution in [1.82, 2.24) is 4.68 Å². The van der Waals surface area contributed by atoms with Gasteiger partial charge in [0.1, 0.15) is 23.0 Å². The fourth-order valence-corrected chi connectivity index (χ4v) is 4.32. The molecule has 4 rings (SSSR count). The summed E-state index contributed by atoms with van der Waals surface area (Å²) in [6.07, 6.45) is 9.19. The van der Waals surface area contributed by atoms with Gasteiger partial charge in [0, 0.05) is 23.2 Å². The van der Waals surface area contributed by atoms with Gasteiger partial charge in [-0.3, -0.25) is 0 Å². The molecule has 0 saturated carbocycles. The minimum absolute atomic E-state index is 0.0435. The third-order valence-corrected chi connectivity index (χ3v) is 6.01. The number of methoxy groups -OCH3 is 2. The van der Waals surface area contributed by atoms with E-state index in [9.17, 15) is 8.78 Å². The number of allylic oxidation sites excluding steroid dienone is 2. The Morgan fingerprint density at radius 3 is 2.69 bits per heavy atom. The first-order valence-corrected chi connectivity index (χ1v) is 11.1. The Labute approximate surface area is 189 Å². The summed E-state index contributed by atoms with van der Waals surface area (Å²) in [4.78, 5) is 4.89. The van der Waals surface area contributed by atoms with E-state index >= 15 is 0 Å². The SMILES string of the molecule is COc1ccc(OC)c(-c2csc(=Nc3ccc(F)cc3F)n2N=CC2CC=CCC2)c1.